The van der Waals surface area contributed by atoms with Gasteiger partial charge in [-0.2, -0.15) is 10.4 Å². The quantitative estimate of drug-likeness (QED) is 0.542. The van der Waals surface area contributed by atoms with Crippen LogP contribution in [-0.2, 0) is 7.05 Å². The summed E-state index contributed by atoms with van der Waals surface area (Å²) in [6, 6.07) is 7.60. The largest absolute Gasteiger partial charge is 0.436 e. The Labute approximate surface area is 124 Å². The van der Waals surface area contributed by atoms with E-state index in [0.29, 0.717) is 16.7 Å². The molecule has 0 saturated heterocycles. The highest BCUT2D eigenvalue weighted by Gasteiger charge is 2.12. The number of fused-ring (bicyclic) bond motifs is 1. The molecule has 108 valence electrons. The Hall–Kier alpha value is -3.47. The van der Waals surface area contributed by atoms with Crippen LogP contribution in [-0.4, -0.2) is 19.7 Å². The zero-order valence-corrected chi connectivity index (χ0v) is 11.4. The van der Waals surface area contributed by atoms with Crippen molar-refractivity contribution >= 4 is 16.6 Å². The number of aryl methyl sites for hydroxylation is 1. The SMILES string of the molecule is Cn1cc(Oc2cc(C#N)c3cc([N+](=O)[O-])ccc3n2)cn1. The van der Waals surface area contributed by atoms with Crippen molar-refractivity contribution in [2.24, 2.45) is 7.05 Å². The molecule has 2 heterocycles. The molecule has 0 radical (unpaired) electrons. The van der Waals surface area contributed by atoms with Crippen molar-refractivity contribution in [1.82, 2.24) is 14.8 Å². The number of pyridine rings is 1. The van der Waals surface area contributed by atoms with Gasteiger partial charge in [-0.1, -0.05) is 0 Å². The standard InChI is InChI=1S/C14H9N5O3/c1-18-8-11(7-16-18)22-14-4-9(6-15)12-5-10(19(20)21)2-3-13(12)17-14/h2-5,7-8H,1H3. The molecule has 0 bridgehead atoms. The number of ether oxygens (including phenoxy) is 1. The fourth-order valence-electron chi connectivity index (χ4n) is 2.02. The van der Waals surface area contributed by atoms with Gasteiger partial charge >= 0.3 is 0 Å². The van der Waals surface area contributed by atoms with Gasteiger partial charge in [-0.15, -0.1) is 0 Å². The summed E-state index contributed by atoms with van der Waals surface area (Å²) in [5, 5.41) is 24.4. The van der Waals surface area contributed by atoms with Crippen LogP contribution in [0.15, 0.2) is 36.7 Å². The molecule has 22 heavy (non-hydrogen) atoms. The van der Waals surface area contributed by atoms with Crippen LogP contribution in [0.2, 0.25) is 0 Å². The van der Waals surface area contributed by atoms with Crippen LogP contribution in [0.25, 0.3) is 10.9 Å². The lowest BCUT2D eigenvalue weighted by Crippen LogP contribution is -1.93. The first-order valence-electron chi connectivity index (χ1n) is 6.22. The number of hydrogen-bond acceptors (Lipinski definition) is 6. The van der Waals surface area contributed by atoms with E-state index in [1.807, 2.05) is 6.07 Å². The second-order valence-electron chi connectivity index (χ2n) is 4.53. The molecule has 2 aromatic heterocycles. The van der Waals surface area contributed by atoms with Crippen molar-refractivity contribution in [2.45, 2.75) is 0 Å². The van der Waals surface area contributed by atoms with Gasteiger partial charge in [-0.05, 0) is 6.07 Å². The monoisotopic (exact) mass is 295 g/mol. The van der Waals surface area contributed by atoms with E-state index in [9.17, 15) is 15.4 Å². The number of benzene rings is 1. The molecule has 3 rings (SSSR count). The minimum Gasteiger partial charge on any atom is -0.436 e. The van der Waals surface area contributed by atoms with Crippen LogP contribution < -0.4 is 4.74 Å². The summed E-state index contributed by atoms with van der Waals surface area (Å²) >= 11 is 0. The molecule has 0 aliphatic carbocycles. The van der Waals surface area contributed by atoms with Crippen LogP contribution in [0.1, 0.15) is 5.56 Å². The van der Waals surface area contributed by atoms with Gasteiger partial charge in [0.15, 0.2) is 5.75 Å². The minimum atomic E-state index is -0.513. The average molecular weight is 295 g/mol. The third kappa shape index (κ3) is 2.43. The normalized spacial score (nSPS) is 10.4. The lowest BCUT2D eigenvalue weighted by molar-refractivity contribution is -0.384. The number of nitro benzene ring substituents is 1. The highest BCUT2D eigenvalue weighted by atomic mass is 16.6. The molecule has 1 aromatic carbocycles. The van der Waals surface area contributed by atoms with Crippen LogP contribution >= 0.6 is 0 Å². The molecule has 0 saturated carbocycles. The predicted octanol–water partition coefficient (Wildman–Crippen LogP) is 2.54. The first kappa shape index (κ1) is 13.5. The summed E-state index contributed by atoms with van der Waals surface area (Å²) in [4.78, 5) is 14.6. The molecule has 8 heteroatoms. The van der Waals surface area contributed by atoms with Gasteiger partial charge in [-0.25, -0.2) is 4.98 Å². The van der Waals surface area contributed by atoms with E-state index in [-0.39, 0.29) is 17.1 Å². The second-order valence-corrected chi connectivity index (χ2v) is 4.53. The van der Waals surface area contributed by atoms with Gasteiger partial charge in [-0.3, -0.25) is 14.8 Å². The van der Waals surface area contributed by atoms with E-state index in [1.165, 1.54) is 30.5 Å². The van der Waals surface area contributed by atoms with Gasteiger partial charge in [0.2, 0.25) is 5.88 Å². The van der Waals surface area contributed by atoms with Crippen LogP contribution in [0, 0.1) is 21.4 Å². The zero-order chi connectivity index (χ0) is 15.7. The van der Waals surface area contributed by atoms with Crippen molar-refractivity contribution < 1.29 is 9.66 Å². The molecule has 0 amide bonds. The Bertz CT molecular complexity index is 926. The van der Waals surface area contributed by atoms with Crippen molar-refractivity contribution in [3.8, 4) is 17.7 Å². The van der Waals surface area contributed by atoms with Gasteiger partial charge in [0, 0.05) is 30.6 Å². The maximum absolute atomic E-state index is 10.8. The zero-order valence-electron chi connectivity index (χ0n) is 11.4. The molecule has 0 atom stereocenters. The van der Waals surface area contributed by atoms with E-state index in [0.717, 1.165) is 0 Å². The smallest absolute Gasteiger partial charge is 0.270 e. The Balaban J connectivity index is 2.09. The fourth-order valence-corrected chi connectivity index (χ4v) is 2.02. The van der Waals surface area contributed by atoms with Crippen LogP contribution in [0.3, 0.4) is 0 Å². The molecule has 3 aromatic rings. The molecule has 0 aliphatic heterocycles. The molecule has 8 nitrogen and oxygen atoms in total. The average Bonchev–Trinajstić information content (AvgIpc) is 2.90. The molecule has 0 spiro atoms. The summed E-state index contributed by atoms with van der Waals surface area (Å²) in [5.74, 6) is 0.714. The van der Waals surface area contributed by atoms with Crippen molar-refractivity contribution in [3.63, 3.8) is 0 Å². The fraction of sp³-hybridized carbons (Fsp3) is 0.0714. The van der Waals surface area contributed by atoms with E-state index in [2.05, 4.69) is 10.1 Å². The molecule has 0 N–H and O–H groups in total. The maximum Gasteiger partial charge on any atom is 0.270 e. The van der Waals surface area contributed by atoms with E-state index < -0.39 is 4.92 Å². The lowest BCUT2D eigenvalue weighted by atomic mass is 10.1. The summed E-state index contributed by atoms with van der Waals surface area (Å²) in [5.41, 5.74) is 0.614. The predicted molar refractivity (Wildman–Crippen MR) is 76.4 cm³/mol. The highest BCUT2D eigenvalue weighted by Crippen LogP contribution is 2.27. The lowest BCUT2D eigenvalue weighted by Gasteiger charge is -2.05. The Morgan fingerprint density at radius 2 is 2.23 bits per heavy atom. The summed E-state index contributed by atoms with van der Waals surface area (Å²) in [6.07, 6.45) is 3.18. The number of rotatable bonds is 3. The number of nitriles is 1. The van der Waals surface area contributed by atoms with Gasteiger partial charge in [0.25, 0.3) is 5.69 Å². The van der Waals surface area contributed by atoms with Crippen LogP contribution in [0.4, 0.5) is 5.69 Å². The number of nitrogens with zero attached hydrogens (tertiary/aromatic N) is 5. The molecule has 0 unspecified atom stereocenters. The van der Waals surface area contributed by atoms with Crippen molar-refractivity contribution in [2.75, 3.05) is 0 Å². The first-order valence-corrected chi connectivity index (χ1v) is 6.22. The van der Waals surface area contributed by atoms with E-state index in [4.69, 9.17) is 4.74 Å². The third-order valence-electron chi connectivity index (χ3n) is 3.00. The summed E-state index contributed by atoms with van der Waals surface area (Å²) < 4.78 is 7.12. The van der Waals surface area contributed by atoms with E-state index in [1.54, 1.807) is 17.9 Å². The molecule has 0 aliphatic rings. The highest BCUT2D eigenvalue weighted by molar-refractivity contribution is 5.87. The Kier molecular flexibility index (Phi) is 3.16. The number of aromatic nitrogens is 3. The number of non-ortho nitro benzene ring substituents is 1. The van der Waals surface area contributed by atoms with Gasteiger partial charge in [0.1, 0.15) is 6.07 Å². The maximum atomic E-state index is 10.8. The van der Waals surface area contributed by atoms with Gasteiger partial charge in [0.05, 0.1) is 28.4 Å². The summed E-state index contributed by atoms with van der Waals surface area (Å²) in [6.45, 7) is 0. The second kappa shape index (κ2) is 5.14. The number of nitro groups is 1. The topological polar surface area (TPSA) is 107 Å². The summed E-state index contributed by atoms with van der Waals surface area (Å²) in [7, 11) is 1.75. The van der Waals surface area contributed by atoms with E-state index >= 15 is 0 Å². The molecular weight excluding hydrogens is 286 g/mol. The van der Waals surface area contributed by atoms with Gasteiger partial charge < -0.3 is 4.74 Å². The number of hydrogen-bond donors (Lipinski definition) is 0. The van der Waals surface area contributed by atoms with Crippen molar-refractivity contribution in [3.05, 3.63) is 52.3 Å². The molecular formula is C14H9N5O3. The first-order chi connectivity index (χ1) is 10.6. The molecule has 0 fully saturated rings. The van der Waals surface area contributed by atoms with Crippen molar-refractivity contribution in [1.29, 1.82) is 5.26 Å². The minimum absolute atomic E-state index is 0.0910. The Morgan fingerprint density at radius 1 is 1.41 bits per heavy atom. The third-order valence-corrected chi connectivity index (χ3v) is 3.00. The van der Waals surface area contributed by atoms with Crippen LogP contribution in [0.5, 0.6) is 11.6 Å². The Morgan fingerprint density at radius 3 is 2.86 bits per heavy atom.